The molecule has 3 rings (SSSR count). The predicted octanol–water partition coefficient (Wildman–Crippen LogP) is 4.43. The Balaban J connectivity index is 1.56. The Hall–Kier alpha value is -2.84. The molecule has 130 valence electrons. The molecule has 0 aliphatic rings. The van der Waals surface area contributed by atoms with Crippen molar-refractivity contribution in [2.24, 2.45) is 0 Å². The van der Waals surface area contributed by atoms with Crippen LogP contribution >= 0.6 is 27.3 Å². The number of hydrogen-bond acceptors (Lipinski definition) is 5. The van der Waals surface area contributed by atoms with Gasteiger partial charge in [-0.05, 0) is 35.9 Å². The first-order valence-electron chi connectivity index (χ1n) is 7.55. The maximum Gasteiger partial charge on any atom is 0.328 e. The number of urea groups is 1. The maximum atomic E-state index is 12.0. The molecular weight excluding hydrogens is 416 g/mol. The van der Waals surface area contributed by atoms with Crippen LogP contribution in [-0.2, 0) is 0 Å². The number of nitrogens with one attached hydrogen (secondary N) is 2. The molecule has 0 fully saturated rings. The van der Waals surface area contributed by atoms with Gasteiger partial charge in [0.25, 0.3) is 5.91 Å². The van der Waals surface area contributed by atoms with Crippen molar-refractivity contribution in [2.75, 3.05) is 5.32 Å². The first-order chi connectivity index (χ1) is 12.6. The van der Waals surface area contributed by atoms with E-state index in [4.69, 9.17) is 0 Å². The highest BCUT2D eigenvalue weighted by Gasteiger charge is 2.12. The highest BCUT2D eigenvalue weighted by Crippen LogP contribution is 2.17. The number of amides is 3. The van der Waals surface area contributed by atoms with E-state index in [1.54, 1.807) is 24.3 Å². The van der Waals surface area contributed by atoms with Crippen molar-refractivity contribution in [1.29, 1.82) is 0 Å². The van der Waals surface area contributed by atoms with Crippen LogP contribution in [0.4, 0.5) is 9.93 Å². The van der Waals surface area contributed by atoms with Crippen molar-refractivity contribution in [3.8, 4) is 0 Å². The van der Waals surface area contributed by atoms with Crippen molar-refractivity contribution in [3.05, 3.63) is 75.2 Å². The second-order valence-corrected chi connectivity index (χ2v) is 7.03. The number of anilines is 1. The molecule has 3 aromatic rings. The lowest BCUT2D eigenvalue weighted by molar-refractivity contribution is 0.0967. The zero-order valence-electron chi connectivity index (χ0n) is 13.3. The van der Waals surface area contributed by atoms with Crippen molar-refractivity contribution in [2.45, 2.75) is 0 Å². The molecule has 1 heterocycles. The Bertz CT molecular complexity index is 939. The molecule has 0 spiro atoms. The van der Waals surface area contributed by atoms with E-state index >= 15 is 0 Å². The zero-order chi connectivity index (χ0) is 18.4. The van der Waals surface area contributed by atoms with E-state index in [2.05, 4.69) is 36.8 Å². The van der Waals surface area contributed by atoms with Gasteiger partial charge in [-0.15, -0.1) is 10.2 Å². The third-order valence-electron chi connectivity index (χ3n) is 3.21. The number of aromatic nitrogens is 2. The number of halogens is 1. The fraction of sp³-hybridized carbons (Fsp3) is 0. The van der Waals surface area contributed by atoms with E-state index in [0.29, 0.717) is 15.7 Å². The SMILES string of the molecule is O=C(NC(=O)c1ccc(Br)cc1)Nc1nnc(/C=C/c2ccccc2)s1. The van der Waals surface area contributed by atoms with Gasteiger partial charge in [-0.2, -0.15) is 0 Å². The lowest BCUT2D eigenvalue weighted by atomic mass is 10.2. The smallest absolute Gasteiger partial charge is 0.282 e. The van der Waals surface area contributed by atoms with E-state index in [1.807, 2.05) is 42.5 Å². The Morgan fingerprint density at radius 2 is 1.69 bits per heavy atom. The third-order valence-corrected chi connectivity index (χ3v) is 4.55. The first-order valence-corrected chi connectivity index (χ1v) is 9.15. The Kier molecular flexibility index (Phi) is 5.88. The van der Waals surface area contributed by atoms with Crippen LogP contribution in [0.2, 0.25) is 0 Å². The van der Waals surface area contributed by atoms with E-state index in [1.165, 1.54) is 11.3 Å². The van der Waals surface area contributed by atoms with Crippen molar-refractivity contribution >= 4 is 56.5 Å². The van der Waals surface area contributed by atoms with E-state index < -0.39 is 11.9 Å². The molecule has 6 nitrogen and oxygen atoms in total. The third kappa shape index (κ3) is 5.08. The first kappa shape index (κ1) is 18.0. The van der Waals surface area contributed by atoms with Gasteiger partial charge in [0.15, 0.2) is 0 Å². The second kappa shape index (κ2) is 8.50. The number of carbonyl (C=O) groups excluding carboxylic acids is 2. The van der Waals surface area contributed by atoms with Crippen LogP contribution in [0.5, 0.6) is 0 Å². The minimum Gasteiger partial charge on any atom is -0.282 e. The summed E-state index contributed by atoms with van der Waals surface area (Å²) in [5, 5.41) is 13.6. The highest BCUT2D eigenvalue weighted by atomic mass is 79.9. The number of hydrogen-bond donors (Lipinski definition) is 2. The quantitative estimate of drug-likeness (QED) is 0.643. The zero-order valence-corrected chi connectivity index (χ0v) is 15.8. The summed E-state index contributed by atoms with van der Waals surface area (Å²) in [6.07, 6.45) is 3.71. The van der Waals surface area contributed by atoms with Crippen molar-refractivity contribution in [1.82, 2.24) is 15.5 Å². The lowest BCUT2D eigenvalue weighted by Gasteiger charge is -2.04. The molecule has 0 atom stereocenters. The molecule has 3 amide bonds. The molecule has 2 N–H and O–H groups in total. The molecular formula is C18H13BrN4O2S. The summed E-state index contributed by atoms with van der Waals surface area (Å²) in [6.45, 7) is 0. The number of rotatable bonds is 4. The van der Waals surface area contributed by atoms with Crippen LogP contribution < -0.4 is 10.6 Å². The highest BCUT2D eigenvalue weighted by molar-refractivity contribution is 9.10. The lowest BCUT2D eigenvalue weighted by Crippen LogP contribution is -2.34. The number of nitrogens with zero attached hydrogens (tertiary/aromatic N) is 2. The van der Waals surface area contributed by atoms with E-state index in [0.717, 1.165) is 10.0 Å². The fourth-order valence-corrected chi connectivity index (χ4v) is 2.89. The van der Waals surface area contributed by atoms with Crippen LogP contribution in [0.1, 0.15) is 20.9 Å². The molecule has 0 radical (unpaired) electrons. The van der Waals surface area contributed by atoms with Crippen molar-refractivity contribution < 1.29 is 9.59 Å². The molecule has 2 aromatic carbocycles. The van der Waals surface area contributed by atoms with Crippen molar-refractivity contribution in [3.63, 3.8) is 0 Å². The van der Waals surface area contributed by atoms with Crippen LogP contribution in [0, 0.1) is 0 Å². The molecule has 1 aromatic heterocycles. The summed E-state index contributed by atoms with van der Waals surface area (Å²) in [4.78, 5) is 23.9. The molecule has 26 heavy (non-hydrogen) atoms. The van der Waals surface area contributed by atoms with Crippen LogP contribution in [-0.4, -0.2) is 22.1 Å². The molecule has 0 unspecified atom stereocenters. The maximum absolute atomic E-state index is 12.0. The molecule has 0 aliphatic carbocycles. The largest absolute Gasteiger partial charge is 0.328 e. The standard InChI is InChI=1S/C18H13BrN4O2S/c19-14-9-7-13(8-10-14)16(24)20-17(25)21-18-23-22-15(26-18)11-6-12-4-2-1-3-5-12/h1-11H,(H2,20,21,23,24,25)/b11-6+. The Morgan fingerprint density at radius 1 is 0.962 bits per heavy atom. The van der Waals surface area contributed by atoms with Gasteiger partial charge >= 0.3 is 6.03 Å². The normalized spacial score (nSPS) is 10.7. The van der Waals surface area contributed by atoms with Gasteiger partial charge in [-0.1, -0.05) is 63.7 Å². The van der Waals surface area contributed by atoms with Gasteiger partial charge in [0, 0.05) is 10.0 Å². The fourth-order valence-electron chi connectivity index (χ4n) is 1.99. The number of carbonyl (C=O) groups is 2. The topological polar surface area (TPSA) is 84.0 Å². The summed E-state index contributed by atoms with van der Waals surface area (Å²) in [5.41, 5.74) is 1.42. The minimum atomic E-state index is -0.660. The van der Waals surface area contributed by atoms with E-state index in [-0.39, 0.29) is 0 Å². The summed E-state index contributed by atoms with van der Waals surface area (Å²) in [6, 6.07) is 15.8. The van der Waals surface area contributed by atoms with Gasteiger partial charge in [0.1, 0.15) is 5.01 Å². The van der Waals surface area contributed by atoms with Gasteiger partial charge in [-0.3, -0.25) is 15.4 Å². The van der Waals surface area contributed by atoms with Gasteiger partial charge in [0.2, 0.25) is 5.13 Å². The van der Waals surface area contributed by atoms with Crippen LogP contribution in [0.3, 0.4) is 0 Å². The van der Waals surface area contributed by atoms with E-state index in [9.17, 15) is 9.59 Å². The number of imide groups is 1. The molecule has 0 saturated carbocycles. The summed E-state index contributed by atoms with van der Waals surface area (Å²) in [7, 11) is 0. The monoisotopic (exact) mass is 428 g/mol. The second-order valence-electron chi connectivity index (χ2n) is 5.10. The predicted molar refractivity (Wildman–Crippen MR) is 106 cm³/mol. The summed E-state index contributed by atoms with van der Waals surface area (Å²) in [5.74, 6) is -0.497. The van der Waals surface area contributed by atoms with Crippen LogP contribution in [0.25, 0.3) is 12.2 Å². The van der Waals surface area contributed by atoms with Gasteiger partial charge in [0.05, 0.1) is 0 Å². The average molecular weight is 429 g/mol. The number of benzene rings is 2. The van der Waals surface area contributed by atoms with Gasteiger partial charge in [-0.25, -0.2) is 4.79 Å². The Morgan fingerprint density at radius 3 is 2.42 bits per heavy atom. The molecule has 0 bridgehead atoms. The van der Waals surface area contributed by atoms with Crippen LogP contribution in [0.15, 0.2) is 59.1 Å². The Labute approximate surface area is 162 Å². The molecule has 8 heteroatoms. The summed E-state index contributed by atoms with van der Waals surface area (Å²) < 4.78 is 0.850. The van der Waals surface area contributed by atoms with Gasteiger partial charge < -0.3 is 0 Å². The molecule has 0 aliphatic heterocycles. The molecule has 0 saturated heterocycles. The minimum absolute atomic E-state index is 0.304. The summed E-state index contributed by atoms with van der Waals surface area (Å²) >= 11 is 4.50. The average Bonchev–Trinajstić information content (AvgIpc) is 3.08.